The molecule has 0 bridgehead atoms. The fraction of sp³-hybridized carbons (Fsp3) is 1.00. The Labute approximate surface area is 43.4 Å². The molecule has 0 saturated heterocycles. The molecule has 0 radical (unpaired) electrons. The van der Waals surface area contributed by atoms with Gasteiger partial charge in [0.15, 0.2) is 0 Å². The molecule has 0 aliphatic carbocycles. The van der Waals surface area contributed by atoms with Crippen LogP contribution in [0.4, 0.5) is 0 Å². The summed E-state index contributed by atoms with van der Waals surface area (Å²) in [7, 11) is 1.65. The van der Waals surface area contributed by atoms with Gasteiger partial charge in [-0.1, -0.05) is 0 Å². The van der Waals surface area contributed by atoms with Gasteiger partial charge in [-0.25, -0.2) is 0 Å². The van der Waals surface area contributed by atoms with Gasteiger partial charge in [0.2, 0.25) is 0 Å². The lowest BCUT2D eigenvalue weighted by molar-refractivity contribution is 0.900. The highest BCUT2D eigenvalue weighted by Gasteiger charge is 1.22. The van der Waals surface area contributed by atoms with Crippen LogP contribution in [0.1, 0.15) is 0 Å². The topological polar surface area (TPSA) is 90.1 Å². The van der Waals surface area contributed by atoms with Crippen molar-refractivity contribution in [2.24, 2.45) is 17.5 Å². The average molecular weight is 115 g/mol. The molecule has 6 heavy (non-hydrogen) atoms. The van der Waals surface area contributed by atoms with Crippen molar-refractivity contribution in [1.29, 1.82) is 0 Å². The molecule has 0 amide bonds. The van der Waals surface area contributed by atoms with Gasteiger partial charge in [0.05, 0.1) is 0 Å². The van der Waals surface area contributed by atoms with Gasteiger partial charge in [-0.15, -0.1) is 12.4 Å². The van der Waals surface area contributed by atoms with Crippen molar-refractivity contribution >= 4 is 12.4 Å². The van der Waals surface area contributed by atoms with Crippen LogP contribution in [0.25, 0.3) is 0 Å². The van der Waals surface area contributed by atoms with E-state index in [0.717, 1.165) is 0 Å². The molecule has 0 unspecified atom stereocenters. The monoisotopic (exact) mass is 114 g/mol. The SMILES string of the molecule is CNN.Cl.NN. The van der Waals surface area contributed by atoms with Crippen LogP contribution in [-0.2, 0) is 0 Å². The van der Waals surface area contributed by atoms with E-state index < -0.39 is 0 Å². The smallest absolute Gasteiger partial charge is 0.00172 e. The molecular weight excluding hydrogens is 103 g/mol. The summed E-state index contributed by atoms with van der Waals surface area (Å²) in [6.45, 7) is 0. The number of rotatable bonds is 0. The minimum Gasteiger partial charge on any atom is -0.274 e. The quantitative estimate of drug-likeness (QED) is 0.224. The Morgan fingerprint density at radius 3 is 1.33 bits per heavy atom. The van der Waals surface area contributed by atoms with Gasteiger partial charge in [0.1, 0.15) is 0 Å². The van der Waals surface area contributed by atoms with Gasteiger partial charge in [0, 0.05) is 0 Å². The fourth-order valence-corrected chi connectivity index (χ4v) is 0. The third-order valence-corrected chi connectivity index (χ3v) is 0. The first-order valence-electron chi connectivity index (χ1n) is 1.12. The van der Waals surface area contributed by atoms with E-state index in [0.29, 0.717) is 0 Å². The Balaban J connectivity index is -0.0000000275. The molecule has 7 N–H and O–H groups in total. The summed E-state index contributed by atoms with van der Waals surface area (Å²) in [6.07, 6.45) is 0. The summed E-state index contributed by atoms with van der Waals surface area (Å²) in [6, 6.07) is 0. The molecular formula is CH11ClN4. The molecule has 5 heteroatoms. The second kappa shape index (κ2) is 68.5. The van der Waals surface area contributed by atoms with E-state index in [2.05, 4.69) is 23.0 Å². The number of nitrogens with two attached hydrogens (primary N) is 3. The van der Waals surface area contributed by atoms with Gasteiger partial charge < -0.3 is 0 Å². The third-order valence-electron chi connectivity index (χ3n) is 0. The van der Waals surface area contributed by atoms with E-state index in [4.69, 9.17) is 0 Å². The van der Waals surface area contributed by atoms with Crippen LogP contribution in [0.15, 0.2) is 0 Å². The molecule has 0 aliphatic rings. The normalized spacial score (nSPS) is 4.00. The van der Waals surface area contributed by atoms with E-state index in [1.807, 2.05) is 0 Å². The summed E-state index contributed by atoms with van der Waals surface area (Å²) < 4.78 is 0. The second-order valence-corrected chi connectivity index (χ2v) is 0.289. The van der Waals surface area contributed by atoms with Gasteiger partial charge in [-0.05, 0) is 7.05 Å². The van der Waals surface area contributed by atoms with E-state index in [9.17, 15) is 0 Å². The van der Waals surface area contributed by atoms with Crippen molar-refractivity contribution in [2.45, 2.75) is 0 Å². The van der Waals surface area contributed by atoms with E-state index in [1.165, 1.54) is 0 Å². The zero-order valence-electron chi connectivity index (χ0n) is 3.64. The molecule has 0 spiro atoms. The molecule has 0 aliphatic heterocycles. The van der Waals surface area contributed by atoms with Crippen molar-refractivity contribution in [3.63, 3.8) is 0 Å². The number of hydrazine groups is 2. The molecule has 0 rings (SSSR count). The van der Waals surface area contributed by atoms with Crippen LogP contribution >= 0.6 is 12.4 Å². The van der Waals surface area contributed by atoms with Crippen LogP contribution in [0.2, 0.25) is 0 Å². The lowest BCUT2D eigenvalue weighted by atomic mass is 11.5. The predicted molar refractivity (Wildman–Crippen MR) is 28.9 cm³/mol. The number of nitrogens with one attached hydrogen (secondary N) is 1. The van der Waals surface area contributed by atoms with Crippen LogP contribution in [0.3, 0.4) is 0 Å². The minimum atomic E-state index is 0. The Kier molecular flexibility index (Phi) is 188. The van der Waals surface area contributed by atoms with Crippen molar-refractivity contribution in [3.05, 3.63) is 0 Å². The molecule has 0 aromatic carbocycles. The average Bonchev–Trinajstić information content (AvgIpc) is 1.46. The van der Waals surface area contributed by atoms with Crippen LogP contribution in [0, 0.1) is 0 Å². The van der Waals surface area contributed by atoms with Crippen molar-refractivity contribution in [2.75, 3.05) is 7.05 Å². The van der Waals surface area contributed by atoms with E-state index in [1.54, 1.807) is 7.05 Å². The van der Waals surface area contributed by atoms with Gasteiger partial charge in [-0.3, -0.25) is 23.0 Å². The Morgan fingerprint density at radius 2 is 1.33 bits per heavy atom. The van der Waals surface area contributed by atoms with Crippen LogP contribution < -0.4 is 23.0 Å². The van der Waals surface area contributed by atoms with E-state index in [-0.39, 0.29) is 12.4 Å². The third kappa shape index (κ3) is 2390. The summed E-state index contributed by atoms with van der Waals surface area (Å²) in [5, 5.41) is 0. The fourth-order valence-electron chi connectivity index (χ4n) is 0. The number of hydrogen-bond acceptors (Lipinski definition) is 4. The first-order valence-corrected chi connectivity index (χ1v) is 1.12. The highest BCUT2D eigenvalue weighted by atomic mass is 35.5. The summed E-state index contributed by atoms with van der Waals surface area (Å²) in [4.78, 5) is 0. The summed E-state index contributed by atoms with van der Waals surface area (Å²) in [5.74, 6) is 12.6. The van der Waals surface area contributed by atoms with Gasteiger partial charge in [0.25, 0.3) is 0 Å². The highest BCUT2D eigenvalue weighted by Crippen LogP contribution is 0.817. The molecule has 0 aromatic heterocycles. The molecule has 0 heterocycles. The maximum Gasteiger partial charge on any atom is -0.00172 e. The Morgan fingerprint density at radius 1 is 1.33 bits per heavy atom. The maximum absolute atomic E-state index is 4.60. The second-order valence-electron chi connectivity index (χ2n) is 0.289. The standard InChI is InChI=1S/CH6N2.ClH.H4N2/c1-3-2;;1-2/h3H,2H2,1H3;1H;1-2H2. The van der Waals surface area contributed by atoms with Gasteiger partial charge in [-0.2, -0.15) is 0 Å². The van der Waals surface area contributed by atoms with Crippen molar-refractivity contribution in [1.82, 2.24) is 5.43 Å². The van der Waals surface area contributed by atoms with Crippen molar-refractivity contribution in [3.8, 4) is 0 Å². The largest absolute Gasteiger partial charge is 0.274 e. The maximum atomic E-state index is 4.60. The summed E-state index contributed by atoms with van der Waals surface area (Å²) >= 11 is 0. The predicted octanol–water partition coefficient (Wildman–Crippen LogP) is -1.68. The molecule has 0 atom stereocenters. The molecule has 0 fully saturated rings. The molecule has 4 nitrogen and oxygen atoms in total. The van der Waals surface area contributed by atoms with E-state index >= 15 is 0 Å². The first-order chi connectivity index (χ1) is 2.41. The van der Waals surface area contributed by atoms with Crippen LogP contribution in [0.5, 0.6) is 0 Å². The highest BCUT2D eigenvalue weighted by molar-refractivity contribution is 5.85. The molecule has 0 saturated carbocycles. The first kappa shape index (κ1) is 16.5. The number of halogens is 1. The molecule has 0 aromatic rings. The van der Waals surface area contributed by atoms with Gasteiger partial charge >= 0.3 is 0 Å². The Hall–Kier alpha value is 0.130. The lowest BCUT2D eigenvalue weighted by Crippen LogP contribution is -2.13. The van der Waals surface area contributed by atoms with Crippen molar-refractivity contribution < 1.29 is 0 Å². The minimum absolute atomic E-state index is 0. The zero-order chi connectivity index (χ0) is 4.71. The zero-order valence-corrected chi connectivity index (χ0v) is 4.46. The molecule has 42 valence electrons. The summed E-state index contributed by atoms with van der Waals surface area (Å²) in [5.41, 5.74) is 2.25. The lowest BCUT2D eigenvalue weighted by Gasteiger charge is -1.62. The Bertz CT molecular complexity index is 7.51. The number of hydrogen-bond donors (Lipinski definition) is 4. The van der Waals surface area contributed by atoms with Crippen LogP contribution in [-0.4, -0.2) is 7.05 Å².